The fraction of sp³-hybridized carbons (Fsp3) is 0.500. The van der Waals surface area contributed by atoms with E-state index in [0.717, 1.165) is 0 Å². The summed E-state index contributed by atoms with van der Waals surface area (Å²) in [6.45, 7) is 7.20. The first kappa shape index (κ1) is 8.81. The van der Waals surface area contributed by atoms with Gasteiger partial charge >= 0.3 is 0 Å². The molecule has 3 heteroatoms. The Hall–Kier alpha value is -0.286. The highest BCUT2D eigenvalue weighted by atomic mass is 28.3. The summed E-state index contributed by atoms with van der Waals surface area (Å²) in [6.07, 6.45) is 2.03. The largest absolute Gasteiger partial charge is 0.369 e. The number of hydrogen-bond acceptors (Lipinski definition) is 0. The van der Waals surface area contributed by atoms with Crippen LogP contribution in [0.3, 0.4) is 0 Å². The van der Waals surface area contributed by atoms with Gasteiger partial charge in [0, 0.05) is 16.4 Å². The molecule has 0 aliphatic heterocycles. The summed E-state index contributed by atoms with van der Waals surface area (Å²) in [7, 11) is 0.606. The lowest BCUT2D eigenvalue weighted by molar-refractivity contribution is 0.942. The quantitative estimate of drug-likeness (QED) is 0.630. The van der Waals surface area contributed by atoms with E-state index in [9.17, 15) is 0 Å². The molecular weight excluding hydrogens is 166 g/mol. The Morgan fingerprint density at radius 3 is 2.55 bits per heavy atom. The van der Waals surface area contributed by atoms with Crippen molar-refractivity contribution < 1.29 is 0 Å². The van der Waals surface area contributed by atoms with Crippen molar-refractivity contribution in [2.24, 2.45) is 0 Å². The van der Waals surface area contributed by atoms with Crippen LogP contribution < -0.4 is 5.32 Å². The van der Waals surface area contributed by atoms with Crippen molar-refractivity contribution in [3.63, 3.8) is 0 Å². The lowest BCUT2D eigenvalue weighted by Crippen LogP contribution is -2.38. The predicted octanol–water partition coefficient (Wildman–Crippen LogP) is 0.182. The zero-order valence-corrected chi connectivity index (χ0v) is 11.0. The van der Waals surface area contributed by atoms with Crippen LogP contribution in [0.25, 0.3) is 0 Å². The maximum atomic E-state index is 3.33. The standard InChI is InChI=1S/C8H17NSi2/c1-8(2,10)11(3)7-5-4-6-9-7/h4-6,9,11H,1-3,10H3. The Morgan fingerprint density at radius 2 is 2.18 bits per heavy atom. The Kier molecular flexibility index (Phi) is 2.39. The van der Waals surface area contributed by atoms with E-state index < -0.39 is 8.80 Å². The molecule has 0 bridgehead atoms. The fourth-order valence-corrected chi connectivity index (χ4v) is 3.69. The number of aromatic nitrogens is 1. The van der Waals surface area contributed by atoms with E-state index in [1.165, 1.54) is 15.6 Å². The van der Waals surface area contributed by atoms with E-state index in [2.05, 4.69) is 37.5 Å². The summed E-state index contributed by atoms with van der Waals surface area (Å²) in [5, 5.41) is 1.50. The molecular formula is C8H17NSi2. The van der Waals surface area contributed by atoms with Crippen LogP contribution in [0.4, 0.5) is 0 Å². The average molecular weight is 183 g/mol. The first-order chi connectivity index (χ1) is 5.02. The minimum atomic E-state index is -0.694. The van der Waals surface area contributed by atoms with Crippen LogP contribution in [0.5, 0.6) is 0 Å². The number of rotatable bonds is 2. The van der Waals surface area contributed by atoms with Crippen molar-refractivity contribution in [3.05, 3.63) is 18.3 Å². The molecule has 0 saturated heterocycles. The highest BCUT2D eigenvalue weighted by molar-refractivity contribution is 6.79. The van der Waals surface area contributed by atoms with Crippen LogP contribution in [0.1, 0.15) is 13.8 Å². The molecule has 1 unspecified atom stereocenters. The molecule has 0 amide bonds. The normalized spacial score (nSPS) is 15.2. The molecule has 0 aliphatic carbocycles. The number of nitrogens with one attached hydrogen (secondary N) is 1. The second-order valence-electron chi connectivity index (χ2n) is 4.21. The first-order valence-corrected chi connectivity index (χ1v) is 7.46. The van der Waals surface area contributed by atoms with Crippen molar-refractivity contribution in [2.45, 2.75) is 25.1 Å². The monoisotopic (exact) mass is 183 g/mol. The molecule has 0 fully saturated rings. The molecule has 0 saturated carbocycles. The summed E-state index contributed by atoms with van der Waals surface area (Å²) in [5.41, 5.74) is 0. The molecule has 1 N–H and O–H groups in total. The van der Waals surface area contributed by atoms with Crippen molar-refractivity contribution in [3.8, 4) is 0 Å². The van der Waals surface area contributed by atoms with Crippen molar-refractivity contribution in [1.29, 1.82) is 0 Å². The predicted molar refractivity (Wildman–Crippen MR) is 57.4 cm³/mol. The molecule has 0 aliphatic rings. The SMILES string of the molecule is C[SiH](c1ccc[nH]1)C(C)(C)[SiH3]. The lowest BCUT2D eigenvalue weighted by atomic mass is 10.5. The van der Waals surface area contributed by atoms with Crippen LogP contribution in [0, 0.1) is 0 Å². The van der Waals surface area contributed by atoms with Crippen molar-refractivity contribution >= 4 is 24.4 Å². The topological polar surface area (TPSA) is 15.8 Å². The average Bonchev–Trinajstić information content (AvgIpc) is 2.34. The van der Waals surface area contributed by atoms with Gasteiger partial charge in [0.1, 0.15) is 0 Å². The zero-order valence-electron chi connectivity index (χ0n) is 7.81. The smallest absolute Gasteiger partial charge is 0.0905 e. The maximum absolute atomic E-state index is 3.33. The van der Waals surface area contributed by atoms with Gasteiger partial charge in [-0.15, -0.1) is 0 Å². The van der Waals surface area contributed by atoms with Crippen LogP contribution in [-0.4, -0.2) is 24.0 Å². The molecule has 1 atom stereocenters. The van der Waals surface area contributed by atoms with E-state index >= 15 is 0 Å². The summed E-state index contributed by atoms with van der Waals surface area (Å²) >= 11 is 0. The first-order valence-electron chi connectivity index (χ1n) is 4.15. The van der Waals surface area contributed by atoms with Gasteiger partial charge in [-0.2, -0.15) is 0 Å². The Balaban J connectivity index is 2.78. The van der Waals surface area contributed by atoms with Gasteiger partial charge < -0.3 is 4.98 Å². The van der Waals surface area contributed by atoms with Gasteiger partial charge in [0.2, 0.25) is 0 Å². The number of hydrogen-bond donors (Lipinski definition) is 1. The van der Waals surface area contributed by atoms with Gasteiger partial charge in [0.15, 0.2) is 0 Å². The zero-order chi connectivity index (χ0) is 8.48. The second kappa shape index (κ2) is 2.99. The highest BCUT2D eigenvalue weighted by Crippen LogP contribution is 2.21. The molecule has 1 nitrogen and oxygen atoms in total. The van der Waals surface area contributed by atoms with E-state index in [1.807, 2.05) is 6.20 Å². The van der Waals surface area contributed by atoms with Gasteiger partial charge in [-0.05, 0) is 22.1 Å². The molecule has 1 rings (SSSR count). The van der Waals surface area contributed by atoms with E-state index in [-0.39, 0.29) is 0 Å². The summed E-state index contributed by atoms with van der Waals surface area (Å²) in [6, 6.07) is 4.34. The molecule has 0 aromatic carbocycles. The molecule has 1 heterocycles. The molecule has 0 spiro atoms. The Bertz CT molecular complexity index is 210. The third-order valence-electron chi connectivity index (χ3n) is 2.39. The van der Waals surface area contributed by atoms with Crippen LogP contribution in [0.15, 0.2) is 18.3 Å². The van der Waals surface area contributed by atoms with Gasteiger partial charge in [0.05, 0.1) is 8.80 Å². The van der Waals surface area contributed by atoms with Crippen molar-refractivity contribution in [1.82, 2.24) is 4.98 Å². The van der Waals surface area contributed by atoms with Gasteiger partial charge in [-0.3, -0.25) is 0 Å². The van der Waals surface area contributed by atoms with Crippen molar-refractivity contribution in [2.75, 3.05) is 0 Å². The molecule has 11 heavy (non-hydrogen) atoms. The lowest BCUT2D eigenvalue weighted by Gasteiger charge is -2.24. The number of H-pyrrole nitrogens is 1. The second-order valence-corrected chi connectivity index (χ2v) is 11.7. The maximum Gasteiger partial charge on any atom is 0.0905 e. The summed E-state index contributed by atoms with van der Waals surface area (Å²) in [4.78, 5) is 3.33. The molecule has 1 aromatic heterocycles. The molecule has 0 radical (unpaired) electrons. The third kappa shape index (κ3) is 2.07. The minimum absolute atomic E-state index is 0.630. The van der Waals surface area contributed by atoms with Crippen LogP contribution >= 0.6 is 0 Å². The van der Waals surface area contributed by atoms with E-state index in [1.54, 1.807) is 0 Å². The van der Waals surface area contributed by atoms with Gasteiger partial charge in [-0.25, -0.2) is 0 Å². The van der Waals surface area contributed by atoms with E-state index in [4.69, 9.17) is 0 Å². The van der Waals surface area contributed by atoms with Crippen LogP contribution in [-0.2, 0) is 0 Å². The van der Waals surface area contributed by atoms with Gasteiger partial charge in [-0.1, -0.05) is 20.4 Å². The minimum Gasteiger partial charge on any atom is -0.369 e. The Labute approximate surface area is 73.2 Å². The van der Waals surface area contributed by atoms with Crippen LogP contribution in [0.2, 0.25) is 11.2 Å². The van der Waals surface area contributed by atoms with Gasteiger partial charge in [0.25, 0.3) is 0 Å². The third-order valence-corrected chi connectivity index (χ3v) is 8.88. The molecule has 62 valence electrons. The summed E-state index contributed by atoms with van der Waals surface area (Å²) < 4.78 is 0.630. The van der Waals surface area contributed by atoms with E-state index in [0.29, 0.717) is 4.66 Å². The fourth-order valence-electron chi connectivity index (χ4n) is 1.08. The Morgan fingerprint density at radius 1 is 1.55 bits per heavy atom. The highest BCUT2D eigenvalue weighted by Gasteiger charge is 2.23. The summed E-state index contributed by atoms with van der Waals surface area (Å²) in [5.74, 6) is 0. The number of aromatic amines is 1. The molecule has 1 aromatic rings.